The minimum Gasteiger partial charge on any atom is -0.373 e. The first-order valence-corrected chi connectivity index (χ1v) is 5.15. The highest BCUT2D eigenvalue weighted by Crippen LogP contribution is 2.18. The Bertz CT molecular complexity index is 572. The molecule has 0 saturated carbocycles. The van der Waals surface area contributed by atoms with E-state index in [4.69, 9.17) is 5.26 Å². The fourth-order valence-electron chi connectivity index (χ4n) is 1.79. The Morgan fingerprint density at radius 2 is 2.24 bits per heavy atom. The standard InChI is InChI=1S/C10H13N7/c1-7-8(10(12-2)16(3)14-7)5-17-6-13-9(4-11)15-17/h6,12H,5H2,1-3H3. The Hall–Kier alpha value is -2.36. The first-order chi connectivity index (χ1) is 8.15. The molecule has 17 heavy (non-hydrogen) atoms. The van der Waals surface area contributed by atoms with Gasteiger partial charge in [-0.05, 0) is 6.92 Å². The molecular formula is C10H13N7. The number of rotatable bonds is 3. The molecule has 0 fully saturated rings. The molecule has 0 aliphatic heterocycles. The second kappa shape index (κ2) is 4.25. The van der Waals surface area contributed by atoms with Gasteiger partial charge in [-0.15, -0.1) is 5.10 Å². The Morgan fingerprint density at radius 1 is 1.47 bits per heavy atom. The van der Waals surface area contributed by atoms with Gasteiger partial charge in [0.2, 0.25) is 0 Å². The van der Waals surface area contributed by atoms with Crippen LogP contribution in [0.4, 0.5) is 5.82 Å². The van der Waals surface area contributed by atoms with Crippen molar-refractivity contribution in [2.45, 2.75) is 13.5 Å². The maximum atomic E-state index is 8.66. The molecule has 2 aromatic heterocycles. The molecule has 0 unspecified atom stereocenters. The summed E-state index contributed by atoms with van der Waals surface area (Å²) >= 11 is 0. The average Bonchev–Trinajstić information content (AvgIpc) is 2.85. The van der Waals surface area contributed by atoms with Gasteiger partial charge >= 0.3 is 0 Å². The lowest BCUT2D eigenvalue weighted by Crippen LogP contribution is -2.05. The summed E-state index contributed by atoms with van der Waals surface area (Å²) in [5.74, 6) is 1.12. The molecule has 2 rings (SSSR count). The number of nitriles is 1. The smallest absolute Gasteiger partial charge is 0.252 e. The fourth-order valence-corrected chi connectivity index (χ4v) is 1.79. The van der Waals surface area contributed by atoms with Gasteiger partial charge in [-0.1, -0.05) is 0 Å². The van der Waals surface area contributed by atoms with Gasteiger partial charge < -0.3 is 5.32 Å². The third-order valence-electron chi connectivity index (χ3n) is 2.54. The number of anilines is 1. The summed E-state index contributed by atoms with van der Waals surface area (Å²) in [4.78, 5) is 3.87. The number of nitrogens with zero attached hydrogens (tertiary/aromatic N) is 6. The van der Waals surface area contributed by atoms with Gasteiger partial charge in [-0.3, -0.25) is 4.68 Å². The number of aromatic nitrogens is 5. The summed E-state index contributed by atoms with van der Waals surface area (Å²) in [5, 5.41) is 20.1. The van der Waals surface area contributed by atoms with Crippen LogP contribution in [0.5, 0.6) is 0 Å². The van der Waals surface area contributed by atoms with E-state index in [1.165, 1.54) is 0 Å². The van der Waals surface area contributed by atoms with Crippen LogP contribution in [0.1, 0.15) is 17.1 Å². The predicted molar refractivity (Wildman–Crippen MR) is 61.3 cm³/mol. The molecule has 0 aliphatic rings. The Labute approximate surface area is 98.7 Å². The van der Waals surface area contributed by atoms with E-state index < -0.39 is 0 Å². The summed E-state index contributed by atoms with van der Waals surface area (Å²) in [6.07, 6.45) is 1.55. The Balaban J connectivity index is 2.32. The monoisotopic (exact) mass is 231 g/mol. The third kappa shape index (κ3) is 1.97. The van der Waals surface area contributed by atoms with E-state index in [1.54, 1.807) is 15.7 Å². The molecule has 0 saturated heterocycles. The number of hydrogen-bond donors (Lipinski definition) is 1. The van der Waals surface area contributed by atoms with Gasteiger partial charge in [0.1, 0.15) is 18.2 Å². The van der Waals surface area contributed by atoms with Crippen molar-refractivity contribution in [1.29, 1.82) is 5.26 Å². The van der Waals surface area contributed by atoms with Crippen molar-refractivity contribution in [3.8, 4) is 6.07 Å². The Kier molecular flexibility index (Phi) is 2.78. The summed E-state index contributed by atoms with van der Waals surface area (Å²) in [6, 6.07) is 1.90. The fraction of sp³-hybridized carbons (Fsp3) is 0.400. The van der Waals surface area contributed by atoms with Crippen molar-refractivity contribution in [2.75, 3.05) is 12.4 Å². The molecule has 0 amide bonds. The SMILES string of the molecule is CNc1c(Cn2cnc(C#N)n2)c(C)nn1C. The number of hydrogen-bond acceptors (Lipinski definition) is 5. The van der Waals surface area contributed by atoms with Crippen LogP contribution in [-0.4, -0.2) is 31.6 Å². The maximum absolute atomic E-state index is 8.66. The zero-order valence-electron chi connectivity index (χ0n) is 9.97. The number of aryl methyl sites for hydroxylation is 2. The molecule has 0 radical (unpaired) electrons. The quantitative estimate of drug-likeness (QED) is 0.820. The summed E-state index contributed by atoms with van der Waals surface area (Å²) in [5.41, 5.74) is 1.98. The van der Waals surface area contributed by atoms with Crippen LogP contribution in [0.2, 0.25) is 0 Å². The Morgan fingerprint density at radius 3 is 2.82 bits per heavy atom. The summed E-state index contributed by atoms with van der Waals surface area (Å²) in [6.45, 7) is 2.49. The molecule has 7 heteroatoms. The zero-order chi connectivity index (χ0) is 12.4. The van der Waals surface area contributed by atoms with Crippen LogP contribution in [0, 0.1) is 18.3 Å². The van der Waals surface area contributed by atoms with E-state index in [-0.39, 0.29) is 5.82 Å². The van der Waals surface area contributed by atoms with Crippen molar-refractivity contribution < 1.29 is 0 Å². The normalized spacial score (nSPS) is 10.2. The van der Waals surface area contributed by atoms with E-state index in [0.717, 1.165) is 17.1 Å². The van der Waals surface area contributed by atoms with Gasteiger partial charge in [0.15, 0.2) is 0 Å². The van der Waals surface area contributed by atoms with E-state index in [1.807, 2.05) is 27.1 Å². The molecule has 7 nitrogen and oxygen atoms in total. The van der Waals surface area contributed by atoms with Crippen molar-refractivity contribution in [1.82, 2.24) is 24.5 Å². The lowest BCUT2D eigenvalue weighted by Gasteiger charge is -2.05. The van der Waals surface area contributed by atoms with Gasteiger partial charge in [-0.2, -0.15) is 10.4 Å². The van der Waals surface area contributed by atoms with Crippen LogP contribution >= 0.6 is 0 Å². The lowest BCUT2D eigenvalue weighted by molar-refractivity contribution is 0.680. The van der Waals surface area contributed by atoms with Crippen LogP contribution in [0.25, 0.3) is 0 Å². The summed E-state index contributed by atoms with van der Waals surface area (Å²) < 4.78 is 3.41. The van der Waals surface area contributed by atoms with Gasteiger partial charge in [0.05, 0.1) is 12.2 Å². The van der Waals surface area contributed by atoms with Gasteiger partial charge in [0.25, 0.3) is 5.82 Å². The van der Waals surface area contributed by atoms with Crippen LogP contribution < -0.4 is 5.32 Å². The van der Waals surface area contributed by atoms with Crippen LogP contribution in [0.3, 0.4) is 0 Å². The molecule has 1 N–H and O–H groups in total. The van der Waals surface area contributed by atoms with E-state index in [2.05, 4.69) is 20.5 Å². The van der Waals surface area contributed by atoms with Gasteiger partial charge in [0, 0.05) is 19.7 Å². The molecular weight excluding hydrogens is 218 g/mol. The highest BCUT2D eigenvalue weighted by atomic mass is 15.3. The molecule has 2 aromatic rings. The maximum Gasteiger partial charge on any atom is 0.252 e. The van der Waals surface area contributed by atoms with Gasteiger partial charge in [-0.25, -0.2) is 9.67 Å². The van der Waals surface area contributed by atoms with Crippen molar-refractivity contribution in [2.24, 2.45) is 7.05 Å². The first kappa shape index (κ1) is 11.1. The molecule has 0 spiro atoms. The second-order valence-corrected chi connectivity index (χ2v) is 3.66. The van der Waals surface area contributed by atoms with Crippen LogP contribution in [0.15, 0.2) is 6.33 Å². The molecule has 2 heterocycles. The van der Waals surface area contributed by atoms with Crippen molar-refractivity contribution >= 4 is 5.82 Å². The topological polar surface area (TPSA) is 84.3 Å². The minimum absolute atomic E-state index is 0.178. The second-order valence-electron chi connectivity index (χ2n) is 3.66. The lowest BCUT2D eigenvalue weighted by atomic mass is 10.2. The van der Waals surface area contributed by atoms with Crippen LogP contribution in [-0.2, 0) is 13.6 Å². The first-order valence-electron chi connectivity index (χ1n) is 5.15. The summed E-state index contributed by atoms with van der Waals surface area (Å²) in [7, 11) is 3.73. The van der Waals surface area contributed by atoms with E-state index >= 15 is 0 Å². The highest BCUT2D eigenvalue weighted by Gasteiger charge is 2.13. The van der Waals surface area contributed by atoms with Crippen molar-refractivity contribution in [3.05, 3.63) is 23.4 Å². The van der Waals surface area contributed by atoms with Crippen molar-refractivity contribution in [3.63, 3.8) is 0 Å². The molecule has 0 aliphatic carbocycles. The predicted octanol–water partition coefficient (Wildman–Crippen LogP) is 0.282. The third-order valence-corrected chi connectivity index (χ3v) is 2.54. The van der Waals surface area contributed by atoms with E-state index in [9.17, 15) is 0 Å². The molecule has 0 bridgehead atoms. The number of nitrogens with one attached hydrogen (secondary N) is 1. The zero-order valence-corrected chi connectivity index (χ0v) is 9.97. The average molecular weight is 231 g/mol. The van der Waals surface area contributed by atoms with E-state index in [0.29, 0.717) is 6.54 Å². The molecule has 88 valence electrons. The minimum atomic E-state index is 0.178. The molecule has 0 atom stereocenters. The largest absolute Gasteiger partial charge is 0.373 e. The molecule has 0 aromatic carbocycles. The highest BCUT2D eigenvalue weighted by molar-refractivity contribution is 5.47.